The number of carbonyl (C=O) groups excluding carboxylic acids is 1. The second-order valence-corrected chi connectivity index (χ2v) is 10.7. The zero-order valence-corrected chi connectivity index (χ0v) is 20.7. The van der Waals surface area contributed by atoms with Crippen LogP contribution in [0.5, 0.6) is 0 Å². The average molecular weight is 493 g/mol. The van der Waals surface area contributed by atoms with E-state index in [2.05, 4.69) is 27.8 Å². The highest BCUT2D eigenvalue weighted by Gasteiger charge is 2.50. The summed E-state index contributed by atoms with van der Waals surface area (Å²) >= 11 is 0. The topological polar surface area (TPSA) is 113 Å². The van der Waals surface area contributed by atoms with Crippen molar-refractivity contribution in [2.45, 2.75) is 76.4 Å². The Morgan fingerprint density at radius 2 is 2.11 bits per heavy atom. The normalized spacial score (nSPS) is 22.4. The van der Waals surface area contributed by atoms with Crippen molar-refractivity contribution in [2.24, 2.45) is 11.3 Å². The second-order valence-electron chi connectivity index (χ2n) is 10.7. The summed E-state index contributed by atoms with van der Waals surface area (Å²) in [6.45, 7) is 1.34. The smallest absolute Gasteiger partial charge is 0.326 e. The standard InChI is InChI=1S/C28H36N4O4/c33-26(34)24(32-27(35)28(10-11-28)17-20-3-1-12-29-18-20)9-14-36-23-15-19(16-23)5-7-22-8-6-21-4-2-13-30-25(21)31-22/h1,3,6,8,12,18-19,23-24H,2,4-5,7,9-11,13-17H2,(H,30,31)(H,32,35)(H,33,34)/t19-,23-,24?. The number of nitrogens with zero attached hydrogens (tertiary/aromatic N) is 2. The largest absolute Gasteiger partial charge is 0.480 e. The van der Waals surface area contributed by atoms with Crippen LogP contribution in [0.3, 0.4) is 0 Å². The number of aliphatic carboxylic acids is 1. The first kappa shape index (κ1) is 24.7. The van der Waals surface area contributed by atoms with Crippen LogP contribution < -0.4 is 10.6 Å². The molecule has 2 fully saturated rings. The highest BCUT2D eigenvalue weighted by atomic mass is 16.5. The van der Waals surface area contributed by atoms with Crippen LogP contribution in [0.15, 0.2) is 36.7 Å². The fraction of sp³-hybridized carbons (Fsp3) is 0.571. The van der Waals surface area contributed by atoms with Crippen LogP contribution in [0.4, 0.5) is 5.82 Å². The number of aryl methyl sites for hydroxylation is 2. The summed E-state index contributed by atoms with van der Waals surface area (Å²) in [4.78, 5) is 33.5. The summed E-state index contributed by atoms with van der Waals surface area (Å²) in [7, 11) is 0. The predicted molar refractivity (Wildman–Crippen MR) is 136 cm³/mol. The van der Waals surface area contributed by atoms with Gasteiger partial charge in [-0.2, -0.15) is 0 Å². The molecule has 192 valence electrons. The molecular weight excluding hydrogens is 456 g/mol. The number of hydrogen-bond donors (Lipinski definition) is 3. The molecule has 2 aromatic heterocycles. The Hall–Kier alpha value is -3.00. The van der Waals surface area contributed by atoms with Crippen LogP contribution in [0.25, 0.3) is 0 Å². The van der Waals surface area contributed by atoms with Gasteiger partial charge in [0.2, 0.25) is 5.91 Å². The number of ether oxygens (including phenoxy) is 1. The maximum Gasteiger partial charge on any atom is 0.326 e. The van der Waals surface area contributed by atoms with Crippen molar-refractivity contribution in [3.63, 3.8) is 0 Å². The van der Waals surface area contributed by atoms with Gasteiger partial charge in [0.15, 0.2) is 0 Å². The Balaban J connectivity index is 1.00. The van der Waals surface area contributed by atoms with Crippen LogP contribution in [0, 0.1) is 11.3 Å². The van der Waals surface area contributed by atoms with Gasteiger partial charge in [0, 0.05) is 37.7 Å². The van der Waals surface area contributed by atoms with Gasteiger partial charge >= 0.3 is 5.97 Å². The number of carboxylic acid groups (broad SMARTS) is 1. The molecule has 2 aromatic rings. The van der Waals surface area contributed by atoms with Gasteiger partial charge in [-0.1, -0.05) is 12.1 Å². The lowest BCUT2D eigenvalue weighted by Crippen LogP contribution is -2.45. The monoisotopic (exact) mass is 492 g/mol. The molecule has 3 aliphatic rings. The van der Waals surface area contributed by atoms with Crippen LogP contribution >= 0.6 is 0 Å². The van der Waals surface area contributed by atoms with Crippen LogP contribution in [-0.4, -0.2) is 52.2 Å². The van der Waals surface area contributed by atoms with Gasteiger partial charge < -0.3 is 20.5 Å². The number of amides is 1. The fourth-order valence-corrected chi connectivity index (χ4v) is 5.36. The lowest BCUT2D eigenvalue weighted by Gasteiger charge is -2.35. The van der Waals surface area contributed by atoms with Crippen molar-refractivity contribution in [1.82, 2.24) is 15.3 Å². The van der Waals surface area contributed by atoms with Crippen molar-refractivity contribution in [3.05, 3.63) is 53.5 Å². The highest BCUT2D eigenvalue weighted by molar-refractivity contribution is 5.89. The molecule has 2 aliphatic carbocycles. The van der Waals surface area contributed by atoms with Crippen molar-refractivity contribution in [1.29, 1.82) is 0 Å². The van der Waals surface area contributed by atoms with E-state index in [9.17, 15) is 14.7 Å². The van der Waals surface area contributed by atoms with Gasteiger partial charge in [0.25, 0.3) is 0 Å². The number of carboxylic acids is 1. The summed E-state index contributed by atoms with van der Waals surface area (Å²) in [5.41, 5.74) is 2.96. The van der Waals surface area contributed by atoms with E-state index in [1.807, 2.05) is 12.1 Å². The third-order valence-corrected chi connectivity index (χ3v) is 7.92. The summed E-state index contributed by atoms with van der Waals surface area (Å²) in [6, 6.07) is 7.24. The number of hydrogen-bond acceptors (Lipinski definition) is 6. The molecule has 0 saturated heterocycles. The third-order valence-electron chi connectivity index (χ3n) is 7.92. The van der Waals surface area contributed by atoms with Gasteiger partial charge in [-0.15, -0.1) is 0 Å². The van der Waals surface area contributed by atoms with Gasteiger partial charge in [-0.25, -0.2) is 9.78 Å². The number of anilines is 1. The van der Waals surface area contributed by atoms with Gasteiger partial charge in [0.05, 0.1) is 11.5 Å². The van der Waals surface area contributed by atoms with Crippen molar-refractivity contribution in [2.75, 3.05) is 18.5 Å². The summed E-state index contributed by atoms with van der Waals surface area (Å²) < 4.78 is 5.95. The molecule has 0 bridgehead atoms. The summed E-state index contributed by atoms with van der Waals surface area (Å²) in [5, 5.41) is 15.8. The number of pyridine rings is 2. The molecule has 3 N–H and O–H groups in total. The molecule has 8 heteroatoms. The molecule has 1 atom stereocenters. The molecule has 1 aliphatic heterocycles. The Kier molecular flexibility index (Phi) is 7.51. The van der Waals surface area contributed by atoms with Gasteiger partial charge in [-0.05, 0) is 87.0 Å². The Bertz CT molecular complexity index is 1070. The van der Waals surface area contributed by atoms with E-state index in [0.29, 0.717) is 18.9 Å². The third kappa shape index (κ3) is 6.03. The minimum Gasteiger partial charge on any atom is -0.480 e. The average Bonchev–Trinajstić information content (AvgIpc) is 3.65. The Morgan fingerprint density at radius 3 is 2.86 bits per heavy atom. The summed E-state index contributed by atoms with van der Waals surface area (Å²) in [6.07, 6.45) is 12.4. The number of nitrogens with one attached hydrogen (secondary N) is 2. The SMILES string of the molecule is O=C(O)C(CCO[C@H]1C[C@H](CCc2ccc3c(n2)NCCC3)C1)NC(=O)C1(Cc2cccnc2)CC1. The van der Waals surface area contributed by atoms with E-state index in [4.69, 9.17) is 9.72 Å². The molecule has 0 aromatic carbocycles. The van der Waals surface area contributed by atoms with E-state index < -0.39 is 17.4 Å². The molecule has 0 spiro atoms. The number of fused-ring (bicyclic) bond motifs is 1. The van der Waals surface area contributed by atoms with Crippen molar-refractivity contribution < 1.29 is 19.4 Å². The molecule has 1 amide bonds. The molecule has 2 saturated carbocycles. The lowest BCUT2D eigenvalue weighted by molar-refractivity contribution is -0.143. The molecular formula is C28H36N4O4. The Labute approximate surface area is 212 Å². The molecule has 8 nitrogen and oxygen atoms in total. The predicted octanol–water partition coefficient (Wildman–Crippen LogP) is 3.54. The van der Waals surface area contributed by atoms with E-state index in [1.54, 1.807) is 12.4 Å². The molecule has 5 rings (SSSR count). The Morgan fingerprint density at radius 1 is 1.25 bits per heavy atom. The minimum atomic E-state index is -1.01. The first-order valence-corrected chi connectivity index (χ1v) is 13.3. The quantitative estimate of drug-likeness (QED) is 0.415. The first-order chi connectivity index (χ1) is 17.5. The number of aromatic nitrogens is 2. The minimum absolute atomic E-state index is 0.173. The van der Waals surface area contributed by atoms with Crippen LogP contribution in [-0.2, 0) is 33.6 Å². The highest BCUT2D eigenvalue weighted by Crippen LogP contribution is 2.48. The van der Waals surface area contributed by atoms with Gasteiger partial charge in [0.1, 0.15) is 11.9 Å². The van der Waals surface area contributed by atoms with E-state index in [-0.39, 0.29) is 18.4 Å². The van der Waals surface area contributed by atoms with Gasteiger partial charge in [-0.3, -0.25) is 9.78 Å². The number of carbonyl (C=O) groups is 2. The van der Waals surface area contributed by atoms with Crippen LogP contribution in [0.2, 0.25) is 0 Å². The van der Waals surface area contributed by atoms with Crippen molar-refractivity contribution in [3.8, 4) is 0 Å². The molecule has 1 unspecified atom stereocenters. The fourth-order valence-electron chi connectivity index (χ4n) is 5.36. The first-order valence-electron chi connectivity index (χ1n) is 13.3. The van der Waals surface area contributed by atoms with Crippen LogP contribution in [0.1, 0.15) is 61.8 Å². The maximum atomic E-state index is 12.9. The zero-order chi connectivity index (χ0) is 25.0. The second kappa shape index (κ2) is 10.9. The lowest BCUT2D eigenvalue weighted by atomic mass is 9.79. The molecule has 36 heavy (non-hydrogen) atoms. The molecule has 0 radical (unpaired) electrons. The zero-order valence-electron chi connectivity index (χ0n) is 20.7. The number of rotatable bonds is 12. The maximum absolute atomic E-state index is 12.9. The van der Waals surface area contributed by atoms with E-state index >= 15 is 0 Å². The van der Waals surface area contributed by atoms with E-state index in [1.165, 1.54) is 12.0 Å². The van der Waals surface area contributed by atoms with Crippen molar-refractivity contribution >= 4 is 17.7 Å². The van der Waals surface area contributed by atoms with E-state index in [0.717, 1.165) is 68.6 Å². The summed E-state index contributed by atoms with van der Waals surface area (Å²) in [5.74, 6) is 0.493. The molecule has 3 heterocycles.